The summed E-state index contributed by atoms with van der Waals surface area (Å²) in [7, 11) is 1.19. The predicted octanol–water partition coefficient (Wildman–Crippen LogP) is 0.330. The first kappa shape index (κ1) is 18.2. The summed E-state index contributed by atoms with van der Waals surface area (Å²) >= 11 is 0.989. The van der Waals surface area contributed by atoms with Crippen LogP contribution in [0.25, 0.3) is 0 Å². The van der Waals surface area contributed by atoms with E-state index in [0.29, 0.717) is 0 Å². The number of benzene rings is 1. The number of hydrogen-bond acceptors (Lipinski definition) is 4. The molecule has 4 N–H and O–H groups in total. The molecular formula is C13H16AtF2NO4. The van der Waals surface area contributed by atoms with Crippen molar-refractivity contribution in [3.05, 3.63) is 22.8 Å². The standard InChI is InChI=1S/C13H16AtF2NO4/c1-13(2,20)7-5(4-6(17)12(18)19)9(15)10(16)11(21-3)8(7)14/h6,20H,4,17H2,1-3H3,(H,18,19). The van der Waals surface area contributed by atoms with E-state index in [2.05, 4.69) is 0 Å². The van der Waals surface area contributed by atoms with Crippen LogP contribution >= 0.6 is 0 Å². The fourth-order valence-electron chi connectivity index (χ4n) is 2.00. The molecule has 5 nitrogen and oxygen atoms in total. The van der Waals surface area contributed by atoms with E-state index in [1.807, 2.05) is 0 Å². The molecule has 0 aliphatic heterocycles. The number of carboxylic acid groups (broad SMARTS) is 1. The van der Waals surface area contributed by atoms with Crippen molar-refractivity contribution in [1.29, 1.82) is 0 Å². The zero-order valence-electron chi connectivity index (χ0n) is 11.7. The Labute approximate surface area is 135 Å². The maximum absolute atomic E-state index is 14.2. The second-order valence-electron chi connectivity index (χ2n) is 5.04. The van der Waals surface area contributed by atoms with Gasteiger partial charge >= 0.3 is 136 Å². The molecule has 1 aromatic carbocycles. The van der Waals surface area contributed by atoms with Crippen molar-refractivity contribution < 1.29 is 53.2 Å². The fraction of sp³-hybridized carbons (Fsp3) is 0.462. The van der Waals surface area contributed by atoms with Gasteiger partial charge in [-0.05, 0) is 0 Å². The number of nitrogens with two attached hydrogens (primary N) is 1. The Morgan fingerprint density at radius 2 is 1.95 bits per heavy atom. The van der Waals surface area contributed by atoms with Crippen LogP contribution in [0, 0.1) is 36.4 Å². The number of rotatable bonds is 5. The van der Waals surface area contributed by atoms with Gasteiger partial charge in [0.1, 0.15) is 0 Å². The van der Waals surface area contributed by atoms with Crippen LogP contribution in [0.3, 0.4) is 0 Å². The number of ether oxygens (including phenoxy) is 1. The minimum absolute atomic E-state index is 0.103. The van der Waals surface area contributed by atoms with Crippen molar-refractivity contribution in [2.75, 3.05) is 7.11 Å². The van der Waals surface area contributed by atoms with Crippen molar-refractivity contribution in [2.45, 2.75) is 31.9 Å². The molecule has 0 saturated carbocycles. The number of methoxy groups -OCH3 is 1. The molecule has 1 rings (SSSR count). The Hall–Kier alpha value is -0.847. The minimum atomic E-state index is -1.50. The van der Waals surface area contributed by atoms with Crippen molar-refractivity contribution in [1.82, 2.24) is 0 Å². The van der Waals surface area contributed by atoms with Crippen molar-refractivity contribution in [3.63, 3.8) is 0 Å². The van der Waals surface area contributed by atoms with Gasteiger partial charge in [0.2, 0.25) is 0 Å². The summed E-state index contributed by atoms with van der Waals surface area (Å²) in [5.74, 6) is -4.10. The summed E-state index contributed by atoms with van der Waals surface area (Å²) in [5, 5.41) is 19.1. The average molecular weight is 498 g/mol. The van der Waals surface area contributed by atoms with E-state index >= 15 is 0 Å². The quantitative estimate of drug-likeness (QED) is 0.545. The van der Waals surface area contributed by atoms with Gasteiger partial charge in [0.05, 0.1) is 0 Å². The van der Waals surface area contributed by atoms with E-state index in [0.717, 1.165) is 24.7 Å². The summed E-state index contributed by atoms with van der Waals surface area (Å²) < 4.78 is 33.3. The van der Waals surface area contributed by atoms with E-state index in [9.17, 15) is 18.7 Å². The molecule has 0 radical (unpaired) electrons. The van der Waals surface area contributed by atoms with E-state index in [1.54, 1.807) is 0 Å². The zero-order chi connectivity index (χ0) is 16.5. The third kappa shape index (κ3) is 3.68. The van der Waals surface area contributed by atoms with Crippen LogP contribution in [0.5, 0.6) is 5.75 Å². The molecule has 1 aromatic rings. The normalized spacial score (nSPS) is 13.1. The molecule has 0 amide bonds. The van der Waals surface area contributed by atoms with Gasteiger partial charge in [-0.3, -0.25) is 0 Å². The number of hydrogen-bond donors (Lipinski definition) is 3. The molecule has 8 heteroatoms. The molecule has 21 heavy (non-hydrogen) atoms. The molecule has 0 heterocycles. The number of aliphatic hydroxyl groups is 1. The van der Waals surface area contributed by atoms with Gasteiger partial charge in [-0.15, -0.1) is 0 Å². The molecular weight excluding hydrogens is 482 g/mol. The Bertz CT molecular complexity index is 573. The number of aliphatic carboxylic acids is 1. The first-order valence-electron chi connectivity index (χ1n) is 5.96. The number of carboxylic acids is 1. The van der Waals surface area contributed by atoms with E-state index in [-0.39, 0.29) is 20.1 Å². The second-order valence-corrected chi connectivity index (χ2v) is 6.51. The van der Waals surface area contributed by atoms with Gasteiger partial charge < -0.3 is 0 Å². The van der Waals surface area contributed by atoms with Gasteiger partial charge in [-0.1, -0.05) is 0 Å². The summed E-state index contributed by atoms with van der Waals surface area (Å²) in [6.07, 6.45) is -0.433. The zero-order valence-corrected chi connectivity index (χ0v) is 14.6. The van der Waals surface area contributed by atoms with Crippen LogP contribution < -0.4 is 13.7 Å². The van der Waals surface area contributed by atoms with Gasteiger partial charge in [0.15, 0.2) is 0 Å². The molecule has 0 aromatic heterocycles. The number of halogens is 2. The maximum atomic E-state index is 14.2. The second kappa shape index (κ2) is 6.50. The van der Waals surface area contributed by atoms with Crippen LogP contribution in [0.15, 0.2) is 0 Å². The Morgan fingerprint density at radius 1 is 1.43 bits per heavy atom. The predicted molar refractivity (Wildman–Crippen MR) is 67.1 cm³/mol. The van der Waals surface area contributed by atoms with Crippen LogP contribution in [-0.4, -0.2) is 29.3 Å². The van der Waals surface area contributed by atoms with Gasteiger partial charge in [-0.25, -0.2) is 0 Å². The topological polar surface area (TPSA) is 92.8 Å². The Kier molecular flexibility index (Phi) is 5.64. The third-order valence-corrected chi connectivity index (χ3v) is 4.34. The molecule has 0 aliphatic carbocycles. The van der Waals surface area contributed by atoms with E-state index in [1.165, 1.54) is 21.0 Å². The number of carbonyl (C=O) groups is 1. The van der Waals surface area contributed by atoms with Gasteiger partial charge in [-0.2, -0.15) is 0 Å². The molecule has 1 atom stereocenters. The molecule has 0 fully saturated rings. The van der Waals surface area contributed by atoms with E-state index < -0.39 is 35.7 Å². The van der Waals surface area contributed by atoms with Crippen LogP contribution in [0.1, 0.15) is 25.0 Å². The van der Waals surface area contributed by atoms with E-state index in [4.69, 9.17) is 15.6 Å². The molecule has 1 unspecified atom stereocenters. The Balaban J connectivity index is 3.64. The van der Waals surface area contributed by atoms with Crippen LogP contribution in [-0.2, 0) is 16.8 Å². The monoisotopic (exact) mass is 498 g/mol. The van der Waals surface area contributed by atoms with Gasteiger partial charge in [0, 0.05) is 0 Å². The molecule has 0 bridgehead atoms. The van der Waals surface area contributed by atoms with Crippen molar-refractivity contribution >= 4 is 9.24 Å². The molecule has 0 saturated heterocycles. The first-order valence-corrected chi connectivity index (χ1v) is 7.43. The van der Waals surface area contributed by atoms with Crippen molar-refractivity contribution in [2.24, 2.45) is 5.73 Å². The molecule has 0 spiro atoms. The molecule has 118 valence electrons. The Morgan fingerprint density at radius 3 is 2.33 bits per heavy atom. The SMILES string of the molecule is COc1c(F)c(F)c(CC(N)C(=O)O)c(C(C)(C)O)c1[At]. The van der Waals surface area contributed by atoms with Gasteiger partial charge in [0.25, 0.3) is 0 Å². The third-order valence-electron chi connectivity index (χ3n) is 2.93. The summed E-state index contributed by atoms with van der Waals surface area (Å²) in [6.45, 7) is 2.80. The summed E-state index contributed by atoms with van der Waals surface area (Å²) in [4.78, 5) is 10.8. The summed E-state index contributed by atoms with van der Waals surface area (Å²) in [6, 6.07) is -1.40. The fourth-order valence-corrected chi connectivity index (χ4v) is 3.96. The van der Waals surface area contributed by atoms with Crippen LogP contribution in [0.2, 0.25) is 0 Å². The average Bonchev–Trinajstić information content (AvgIpc) is 2.34. The molecule has 0 aliphatic rings. The van der Waals surface area contributed by atoms with Crippen LogP contribution in [0.4, 0.5) is 8.78 Å². The summed E-state index contributed by atoms with van der Waals surface area (Å²) in [5.41, 5.74) is 3.76. The van der Waals surface area contributed by atoms with Crippen molar-refractivity contribution in [3.8, 4) is 5.75 Å². The first-order chi connectivity index (χ1) is 9.52.